The molecule has 0 bridgehead atoms. The van der Waals surface area contributed by atoms with Crippen molar-refractivity contribution in [2.45, 2.75) is 57.9 Å². The Balaban J connectivity index is 1.93. The molecule has 0 radical (unpaired) electrons. The fraction of sp³-hybridized carbons (Fsp3) is 0.526. The van der Waals surface area contributed by atoms with E-state index < -0.39 is 0 Å². The van der Waals surface area contributed by atoms with E-state index in [-0.39, 0.29) is 6.04 Å². The molecular formula is C19H26ClN3. The van der Waals surface area contributed by atoms with E-state index in [1.165, 1.54) is 42.6 Å². The Bertz CT molecular complexity index is 684. The van der Waals surface area contributed by atoms with Gasteiger partial charge in [-0.25, -0.2) is 0 Å². The van der Waals surface area contributed by atoms with Crippen molar-refractivity contribution < 1.29 is 0 Å². The van der Waals surface area contributed by atoms with Crippen LogP contribution in [0.15, 0.2) is 18.2 Å². The Morgan fingerprint density at radius 3 is 2.96 bits per heavy atom. The summed E-state index contributed by atoms with van der Waals surface area (Å²) in [6.45, 7) is 3.02. The van der Waals surface area contributed by atoms with Gasteiger partial charge in [0.05, 0.1) is 5.52 Å². The summed E-state index contributed by atoms with van der Waals surface area (Å²) in [5.41, 5.74) is 11.1. The largest absolute Gasteiger partial charge is 0.383 e. The van der Waals surface area contributed by atoms with Crippen LogP contribution in [-0.2, 0) is 12.8 Å². The average Bonchev–Trinajstić information content (AvgIpc) is 2.56. The van der Waals surface area contributed by atoms with Crippen LogP contribution in [0.2, 0.25) is 5.02 Å². The molecule has 1 aliphatic rings. The first-order valence-corrected chi connectivity index (χ1v) is 9.17. The number of fused-ring (bicyclic) bond motifs is 2. The van der Waals surface area contributed by atoms with Crippen LogP contribution >= 0.6 is 11.6 Å². The molecule has 4 heteroatoms. The van der Waals surface area contributed by atoms with Crippen LogP contribution in [0.3, 0.4) is 0 Å². The molecule has 1 aromatic heterocycles. The predicted molar refractivity (Wildman–Crippen MR) is 99.4 cm³/mol. The number of nitrogens with two attached hydrogens (primary N) is 1. The maximum absolute atomic E-state index is 6.25. The number of hydrogen-bond acceptors (Lipinski definition) is 3. The van der Waals surface area contributed by atoms with Crippen molar-refractivity contribution in [2.24, 2.45) is 5.73 Å². The smallest absolute Gasteiger partial charge is 0.0741 e. The number of aromatic nitrogens is 1. The highest BCUT2D eigenvalue weighted by molar-refractivity contribution is 6.31. The number of anilines is 1. The second kappa shape index (κ2) is 7.50. The lowest BCUT2D eigenvalue weighted by Gasteiger charge is -2.23. The van der Waals surface area contributed by atoms with Crippen molar-refractivity contribution in [3.05, 3.63) is 34.5 Å². The summed E-state index contributed by atoms with van der Waals surface area (Å²) in [5, 5.41) is 5.54. The minimum atomic E-state index is 0.199. The molecule has 0 amide bonds. The van der Waals surface area contributed by atoms with Crippen LogP contribution in [0.1, 0.15) is 50.3 Å². The molecule has 1 atom stereocenters. The van der Waals surface area contributed by atoms with Crippen LogP contribution < -0.4 is 11.1 Å². The number of nitrogens with zero attached hydrogens (tertiary/aromatic N) is 1. The molecule has 1 unspecified atom stereocenters. The van der Waals surface area contributed by atoms with Crippen molar-refractivity contribution in [3.8, 4) is 0 Å². The van der Waals surface area contributed by atoms with Crippen LogP contribution in [0.4, 0.5) is 5.69 Å². The molecule has 1 aliphatic carbocycles. The second-order valence-electron chi connectivity index (χ2n) is 6.56. The minimum absolute atomic E-state index is 0.199. The third-order valence-electron chi connectivity index (χ3n) is 4.69. The van der Waals surface area contributed by atoms with Gasteiger partial charge < -0.3 is 11.1 Å². The quantitative estimate of drug-likeness (QED) is 0.806. The molecule has 0 fully saturated rings. The maximum atomic E-state index is 6.25. The van der Waals surface area contributed by atoms with Gasteiger partial charge in [0.25, 0.3) is 0 Å². The monoisotopic (exact) mass is 331 g/mol. The van der Waals surface area contributed by atoms with E-state index in [1.807, 2.05) is 12.1 Å². The molecule has 0 aliphatic heterocycles. The molecule has 1 heterocycles. The molecule has 3 nitrogen and oxygen atoms in total. The van der Waals surface area contributed by atoms with Crippen molar-refractivity contribution in [3.63, 3.8) is 0 Å². The first-order valence-electron chi connectivity index (χ1n) is 8.79. The highest BCUT2D eigenvalue weighted by Crippen LogP contribution is 2.34. The van der Waals surface area contributed by atoms with E-state index in [0.29, 0.717) is 0 Å². The SMILES string of the molecule is CCCCC(N)CNc1c2c(nc3cc(Cl)ccc13)CCCC2. The van der Waals surface area contributed by atoms with Gasteiger partial charge in [-0.1, -0.05) is 31.4 Å². The lowest BCUT2D eigenvalue weighted by Crippen LogP contribution is -2.29. The molecule has 0 spiro atoms. The molecule has 124 valence electrons. The lowest BCUT2D eigenvalue weighted by atomic mass is 9.92. The average molecular weight is 332 g/mol. The molecule has 3 rings (SSSR count). The van der Waals surface area contributed by atoms with E-state index >= 15 is 0 Å². The van der Waals surface area contributed by atoms with Crippen molar-refractivity contribution in [2.75, 3.05) is 11.9 Å². The van der Waals surface area contributed by atoms with Gasteiger partial charge in [0, 0.05) is 34.4 Å². The Morgan fingerprint density at radius 2 is 2.13 bits per heavy atom. The number of pyridine rings is 1. The summed E-state index contributed by atoms with van der Waals surface area (Å²) in [5.74, 6) is 0. The topological polar surface area (TPSA) is 50.9 Å². The normalized spacial score (nSPS) is 15.4. The van der Waals surface area contributed by atoms with Crippen molar-refractivity contribution >= 4 is 28.2 Å². The fourth-order valence-corrected chi connectivity index (χ4v) is 3.57. The first kappa shape index (κ1) is 16.5. The van der Waals surface area contributed by atoms with Gasteiger partial charge >= 0.3 is 0 Å². The van der Waals surface area contributed by atoms with Crippen LogP contribution in [0, 0.1) is 0 Å². The summed E-state index contributed by atoms with van der Waals surface area (Å²) >= 11 is 6.16. The third kappa shape index (κ3) is 3.78. The van der Waals surface area contributed by atoms with Gasteiger partial charge in [0.15, 0.2) is 0 Å². The molecule has 2 aromatic rings. The molecule has 0 saturated heterocycles. The summed E-state index contributed by atoms with van der Waals surface area (Å²) in [6, 6.07) is 6.20. The number of rotatable bonds is 6. The molecule has 3 N–H and O–H groups in total. The zero-order valence-electron chi connectivity index (χ0n) is 13.9. The van der Waals surface area contributed by atoms with Gasteiger partial charge in [0.2, 0.25) is 0 Å². The molecular weight excluding hydrogens is 306 g/mol. The summed E-state index contributed by atoms with van der Waals surface area (Å²) in [4.78, 5) is 4.86. The Morgan fingerprint density at radius 1 is 1.30 bits per heavy atom. The predicted octanol–water partition coefficient (Wildman–Crippen LogP) is 4.70. The van der Waals surface area contributed by atoms with E-state index in [4.69, 9.17) is 22.3 Å². The zero-order chi connectivity index (χ0) is 16.2. The van der Waals surface area contributed by atoms with E-state index in [0.717, 1.165) is 41.7 Å². The number of hydrogen-bond donors (Lipinski definition) is 2. The van der Waals surface area contributed by atoms with Gasteiger partial charge in [-0.15, -0.1) is 0 Å². The van der Waals surface area contributed by atoms with Gasteiger partial charge in [-0.2, -0.15) is 0 Å². The third-order valence-corrected chi connectivity index (χ3v) is 4.93. The summed E-state index contributed by atoms with van der Waals surface area (Å²) in [7, 11) is 0. The van der Waals surface area contributed by atoms with Crippen molar-refractivity contribution in [1.82, 2.24) is 4.98 Å². The second-order valence-corrected chi connectivity index (χ2v) is 7.00. The highest BCUT2D eigenvalue weighted by Gasteiger charge is 2.18. The maximum Gasteiger partial charge on any atom is 0.0741 e. The molecule has 0 saturated carbocycles. The van der Waals surface area contributed by atoms with Crippen LogP contribution in [-0.4, -0.2) is 17.6 Å². The minimum Gasteiger partial charge on any atom is -0.383 e. The Labute approximate surface area is 143 Å². The molecule has 1 aromatic carbocycles. The number of aryl methyl sites for hydroxylation is 1. The number of halogens is 1. The van der Waals surface area contributed by atoms with Crippen molar-refractivity contribution in [1.29, 1.82) is 0 Å². The van der Waals surface area contributed by atoms with E-state index in [9.17, 15) is 0 Å². The number of nitrogens with one attached hydrogen (secondary N) is 1. The van der Waals surface area contributed by atoms with E-state index in [1.54, 1.807) is 0 Å². The molecule has 23 heavy (non-hydrogen) atoms. The first-order chi connectivity index (χ1) is 11.2. The number of benzene rings is 1. The van der Waals surface area contributed by atoms with E-state index in [2.05, 4.69) is 18.3 Å². The van der Waals surface area contributed by atoms with Crippen LogP contribution in [0.25, 0.3) is 10.9 Å². The van der Waals surface area contributed by atoms with Gasteiger partial charge in [-0.3, -0.25) is 4.98 Å². The fourth-order valence-electron chi connectivity index (χ4n) is 3.40. The summed E-state index contributed by atoms with van der Waals surface area (Å²) < 4.78 is 0. The standard InChI is InChI=1S/C19H26ClN3/c1-2-3-6-14(21)12-22-19-15-7-4-5-8-17(15)23-18-11-13(20)9-10-16(18)19/h9-11,14H,2-8,12,21H2,1H3,(H,22,23). The Kier molecular flexibility index (Phi) is 5.39. The Hall–Kier alpha value is -1.32. The lowest BCUT2D eigenvalue weighted by molar-refractivity contribution is 0.595. The zero-order valence-corrected chi connectivity index (χ0v) is 14.6. The summed E-state index contributed by atoms with van der Waals surface area (Å²) in [6.07, 6.45) is 8.08. The number of unbranched alkanes of at least 4 members (excludes halogenated alkanes) is 1. The van der Waals surface area contributed by atoms with Crippen LogP contribution in [0.5, 0.6) is 0 Å². The highest BCUT2D eigenvalue weighted by atomic mass is 35.5. The van der Waals surface area contributed by atoms with Gasteiger partial charge in [0.1, 0.15) is 0 Å². The van der Waals surface area contributed by atoms with Gasteiger partial charge in [-0.05, 0) is 55.9 Å².